The van der Waals surface area contributed by atoms with Crippen molar-refractivity contribution in [3.05, 3.63) is 134 Å². The molecule has 0 fully saturated rings. The first-order valence-electron chi connectivity index (χ1n) is 13.7. The largest absolute Gasteiger partial charge is 0.309 e. The molecule has 0 bridgehead atoms. The molecule has 0 N–H and O–H groups in total. The third-order valence-electron chi connectivity index (χ3n) is 8.44. The average molecular weight is 544 g/mol. The van der Waals surface area contributed by atoms with Crippen LogP contribution in [-0.2, 0) is 4.57 Å². The van der Waals surface area contributed by atoms with E-state index < -0.39 is 7.14 Å². The van der Waals surface area contributed by atoms with Crippen LogP contribution in [0.5, 0.6) is 0 Å². The number of benzene rings is 5. The van der Waals surface area contributed by atoms with Crippen molar-refractivity contribution in [2.45, 2.75) is 0 Å². The van der Waals surface area contributed by atoms with Gasteiger partial charge in [0.2, 0.25) is 0 Å². The van der Waals surface area contributed by atoms with E-state index in [2.05, 4.69) is 76.3 Å². The number of hydrogen-bond acceptors (Lipinski definition) is 3. The topological polar surface area (TPSA) is 47.8 Å². The number of hydrogen-bond donors (Lipinski definition) is 0. The van der Waals surface area contributed by atoms with Gasteiger partial charge in [0.15, 0.2) is 7.14 Å². The Bertz CT molecular complexity index is 2410. The highest BCUT2D eigenvalue weighted by atomic mass is 31.2. The molecule has 1 aliphatic rings. The minimum absolute atomic E-state index is 0.852. The molecule has 4 heterocycles. The Morgan fingerprint density at radius 1 is 0.610 bits per heavy atom. The van der Waals surface area contributed by atoms with Gasteiger partial charge in [0.25, 0.3) is 0 Å². The molecule has 0 amide bonds. The molecule has 41 heavy (non-hydrogen) atoms. The Labute approximate surface area is 235 Å². The molecular weight excluding hydrogens is 521 g/mol. The smallest absolute Gasteiger partial charge is 0.174 e. The van der Waals surface area contributed by atoms with Crippen LogP contribution in [0.4, 0.5) is 0 Å². The van der Waals surface area contributed by atoms with Crippen molar-refractivity contribution in [1.82, 2.24) is 14.5 Å². The first-order chi connectivity index (χ1) is 20.2. The first-order valence-corrected chi connectivity index (χ1v) is 15.4. The average Bonchev–Trinajstić information content (AvgIpc) is 3.51. The van der Waals surface area contributed by atoms with Gasteiger partial charge in [-0.15, -0.1) is 0 Å². The highest BCUT2D eigenvalue weighted by Crippen LogP contribution is 2.54. The molecule has 0 saturated carbocycles. The number of rotatable bonds is 2. The highest BCUT2D eigenvalue weighted by molar-refractivity contribution is 7.86. The second-order valence-electron chi connectivity index (χ2n) is 10.6. The maximum absolute atomic E-state index is 15.7. The summed E-state index contributed by atoms with van der Waals surface area (Å²) in [4.78, 5) is 9.57. The van der Waals surface area contributed by atoms with Crippen molar-refractivity contribution >= 4 is 66.7 Å². The summed E-state index contributed by atoms with van der Waals surface area (Å²) >= 11 is 0. The molecule has 0 saturated heterocycles. The molecule has 1 unspecified atom stereocenters. The molecule has 4 nitrogen and oxygen atoms in total. The van der Waals surface area contributed by atoms with Gasteiger partial charge in [-0.2, -0.15) is 0 Å². The summed E-state index contributed by atoms with van der Waals surface area (Å²) in [7, 11) is -3.18. The SMILES string of the molecule is O=P1(c2ccccc2)c2ccccc2-c2ccc3c4ccccc4n(-c4cnc5c(ccc6cccnc65)c4)c3c21. The van der Waals surface area contributed by atoms with E-state index in [4.69, 9.17) is 4.98 Å². The van der Waals surface area contributed by atoms with Crippen LogP contribution in [0.15, 0.2) is 134 Å². The van der Waals surface area contributed by atoms with E-state index in [1.54, 1.807) is 0 Å². The molecule has 0 radical (unpaired) electrons. The summed E-state index contributed by atoms with van der Waals surface area (Å²) in [5.41, 5.74) is 6.82. The Morgan fingerprint density at radius 3 is 2.32 bits per heavy atom. The van der Waals surface area contributed by atoms with Crippen LogP contribution in [0.2, 0.25) is 0 Å². The fourth-order valence-corrected chi connectivity index (χ4v) is 9.95. The molecule has 1 atom stereocenters. The number of aromatic nitrogens is 3. The summed E-state index contributed by atoms with van der Waals surface area (Å²) in [6, 6.07) is 41.3. The van der Waals surface area contributed by atoms with Gasteiger partial charge in [-0.3, -0.25) is 9.97 Å². The van der Waals surface area contributed by atoms with Crippen molar-refractivity contribution in [2.75, 3.05) is 0 Å². The van der Waals surface area contributed by atoms with Crippen LogP contribution in [0.1, 0.15) is 0 Å². The molecule has 5 aromatic carbocycles. The van der Waals surface area contributed by atoms with E-state index in [9.17, 15) is 0 Å². The van der Waals surface area contributed by atoms with Gasteiger partial charge in [0.1, 0.15) is 0 Å². The molecule has 0 aliphatic carbocycles. The number of nitrogens with zero attached hydrogens (tertiary/aromatic N) is 3. The normalized spacial score (nSPS) is 16.0. The van der Waals surface area contributed by atoms with Crippen LogP contribution in [0.25, 0.3) is 60.4 Å². The standard InChI is InChI=1S/C36H22N3OP/c40-41(26-10-2-1-3-11-26)32-15-7-5-13-28(32)30-19-18-29-27-12-4-6-14-31(27)39(35(29)36(30)41)25-21-24-17-16-23-9-8-20-37-33(23)34(24)38-22-25/h1-22H. The molecule has 5 heteroatoms. The number of pyridine rings is 2. The zero-order valence-corrected chi connectivity index (χ0v) is 22.8. The molecule has 192 valence electrons. The highest BCUT2D eigenvalue weighted by Gasteiger charge is 2.42. The predicted molar refractivity (Wildman–Crippen MR) is 170 cm³/mol. The molecule has 0 spiro atoms. The summed E-state index contributed by atoms with van der Waals surface area (Å²) in [5.74, 6) is 0. The lowest BCUT2D eigenvalue weighted by molar-refractivity contribution is 0.593. The zero-order valence-electron chi connectivity index (χ0n) is 21.9. The summed E-state index contributed by atoms with van der Waals surface area (Å²) in [6.07, 6.45) is 3.74. The molecule has 9 rings (SSSR count). The lowest BCUT2D eigenvalue weighted by Gasteiger charge is -2.18. The van der Waals surface area contributed by atoms with E-state index in [1.165, 1.54) is 0 Å². The fraction of sp³-hybridized carbons (Fsp3) is 0. The summed E-state index contributed by atoms with van der Waals surface area (Å²) < 4.78 is 17.9. The van der Waals surface area contributed by atoms with Crippen molar-refractivity contribution in [2.24, 2.45) is 0 Å². The zero-order chi connectivity index (χ0) is 27.1. The van der Waals surface area contributed by atoms with Gasteiger partial charge in [-0.1, -0.05) is 103 Å². The maximum atomic E-state index is 15.7. The number of fused-ring (bicyclic) bond motifs is 10. The van der Waals surface area contributed by atoms with Gasteiger partial charge in [-0.25, -0.2) is 0 Å². The van der Waals surface area contributed by atoms with Crippen LogP contribution in [0, 0.1) is 0 Å². The molecule has 8 aromatic rings. The molecule has 1 aliphatic heterocycles. The quantitative estimate of drug-likeness (QED) is 0.168. The second kappa shape index (κ2) is 8.23. The third-order valence-corrected chi connectivity index (χ3v) is 11.6. The third kappa shape index (κ3) is 2.97. The predicted octanol–water partition coefficient (Wildman–Crippen LogP) is 7.50. The molecule has 3 aromatic heterocycles. The van der Waals surface area contributed by atoms with E-state index >= 15 is 4.57 Å². The summed E-state index contributed by atoms with van der Waals surface area (Å²) in [6.45, 7) is 0. The van der Waals surface area contributed by atoms with Crippen LogP contribution < -0.4 is 15.9 Å². The van der Waals surface area contributed by atoms with E-state index in [0.717, 1.165) is 76.3 Å². The van der Waals surface area contributed by atoms with Crippen LogP contribution in [-0.4, -0.2) is 14.5 Å². The van der Waals surface area contributed by atoms with Gasteiger partial charge in [-0.05, 0) is 29.3 Å². The lowest BCUT2D eigenvalue weighted by Crippen LogP contribution is -2.22. The van der Waals surface area contributed by atoms with Crippen molar-refractivity contribution in [3.63, 3.8) is 0 Å². The van der Waals surface area contributed by atoms with Gasteiger partial charge in [0, 0.05) is 38.4 Å². The Balaban J connectivity index is 1.44. The second-order valence-corrected chi connectivity index (χ2v) is 13.2. The molecular formula is C36H22N3OP. The lowest BCUT2D eigenvalue weighted by atomic mass is 10.0. The summed E-state index contributed by atoms with van der Waals surface area (Å²) in [5, 5.41) is 6.95. The number of para-hydroxylation sites is 1. The Morgan fingerprint density at radius 2 is 1.39 bits per heavy atom. The fourth-order valence-electron chi connectivity index (χ4n) is 6.69. The van der Waals surface area contributed by atoms with Crippen LogP contribution in [0.3, 0.4) is 0 Å². The van der Waals surface area contributed by atoms with Crippen LogP contribution >= 0.6 is 7.14 Å². The van der Waals surface area contributed by atoms with Crippen molar-refractivity contribution < 1.29 is 4.57 Å². The Hall–Kier alpha value is -5.05. The van der Waals surface area contributed by atoms with E-state index in [-0.39, 0.29) is 0 Å². The minimum atomic E-state index is -3.18. The Kier molecular flexibility index (Phi) is 4.57. The van der Waals surface area contributed by atoms with Crippen molar-refractivity contribution in [1.29, 1.82) is 0 Å². The van der Waals surface area contributed by atoms with E-state index in [1.807, 2.05) is 67.0 Å². The van der Waals surface area contributed by atoms with Gasteiger partial charge < -0.3 is 9.13 Å². The monoisotopic (exact) mass is 543 g/mol. The van der Waals surface area contributed by atoms with Gasteiger partial charge >= 0.3 is 0 Å². The first kappa shape index (κ1) is 22.7. The maximum Gasteiger partial charge on any atom is 0.174 e. The van der Waals surface area contributed by atoms with Gasteiger partial charge in [0.05, 0.1) is 39.3 Å². The van der Waals surface area contributed by atoms with E-state index in [0.29, 0.717) is 0 Å². The van der Waals surface area contributed by atoms with Crippen molar-refractivity contribution in [3.8, 4) is 16.8 Å². The minimum Gasteiger partial charge on any atom is -0.309 e.